The van der Waals surface area contributed by atoms with Crippen LogP contribution in [0.5, 0.6) is 0 Å². The monoisotopic (exact) mass is 166 g/mol. The zero-order valence-corrected chi connectivity index (χ0v) is 6.83. The van der Waals surface area contributed by atoms with Gasteiger partial charge in [0.25, 0.3) is 0 Å². The third kappa shape index (κ3) is 1.62. The van der Waals surface area contributed by atoms with E-state index >= 15 is 0 Å². The Kier molecular flexibility index (Phi) is 2.96. The summed E-state index contributed by atoms with van der Waals surface area (Å²) in [6.45, 7) is 0. The zero-order valence-electron chi connectivity index (χ0n) is 6.02. The average molecular weight is 166 g/mol. The first-order valence-corrected chi connectivity index (χ1v) is 4.85. The second-order valence-electron chi connectivity index (χ2n) is 2.66. The number of halogens is 2. The summed E-state index contributed by atoms with van der Waals surface area (Å²) in [7, 11) is 0. The van der Waals surface area contributed by atoms with Gasteiger partial charge in [-0.3, -0.25) is 0 Å². The third-order valence-corrected chi connectivity index (χ3v) is 3.08. The van der Waals surface area contributed by atoms with E-state index in [0.717, 1.165) is 0 Å². The van der Waals surface area contributed by atoms with E-state index in [-0.39, 0.29) is 0 Å². The Morgan fingerprint density at radius 1 is 1.20 bits per heavy atom. The van der Waals surface area contributed by atoms with Crippen LogP contribution in [0.25, 0.3) is 0 Å². The van der Waals surface area contributed by atoms with Gasteiger partial charge in [-0.25, -0.2) is 8.78 Å². The van der Waals surface area contributed by atoms with Crippen LogP contribution in [0.3, 0.4) is 0 Å². The minimum absolute atomic E-state index is 0.395. The SMILES string of the molecule is CSC1C(F)CCCC1F. The normalized spacial score (nSPS) is 41.7. The molecule has 0 nitrogen and oxygen atoms in total. The van der Waals surface area contributed by atoms with Crippen molar-refractivity contribution in [2.45, 2.75) is 36.9 Å². The van der Waals surface area contributed by atoms with Crippen LogP contribution in [0.4, 0.5) is 8.78 Å². The van der Waals surface area contributed by atoms with Gasteiger partial charge in [-0.05, 0) is 25.5 Å². The molecule has 0 aliphatic heterocycles. The molecule has 1 saturated carbocycles. The van der Waals surface area contributed by atoms with Crippen molar-refractivity contribution in [2.24, 2.45) is 0 Å². The first-order valence-electron chi connectivity index (χ1n) is 3.56. The van der Waals surface area contributed by atoms with Crippen molar-refractivity contribution in [3.63, 3.8) is 0 Å². The molecule has 60 valence electrons. The number of hydrogen-bond donors (Lipinski definition) is 0. The maximum Gasteiger partial charge on any atom is 0.115 e. The molecule has 1 aliphatic carbocycles. The van der Waals surface area contributed by atoms with Crippen LogP contribution in [0.1, 0.15) is 19.3 Å². The molecule has 0 N–H and O–H groups in total. The molecule has 0 bridgehead atoms. The van der Waals surface area contributed by atoms with Gasteiger partial charge in [-0.1, -0.05) is 0 Å². The summed E-state index contributed by atoms with van der Waals surface area (Å²) in [5, 5.41) is -0.395. The largest absolute Gasteiger partial charge is 0.246 e. The van der Waals surface area contributed by atoms with Gasteiger partial charge in [-0.15, -0.1) is 0 Å². The fourth-order valence-electron chi connectivity index (χ4n) is 1.36. The van der Waals surface area contributed by atoms with Crippen molar-refractivity contribution in [3.8, 4) is 0 Å². The summed E-state index contributed by atoms with van der Waals surface area (Å²) >= 11 is 1.31. The van der Waals surface area contributed by atoms with Crippen LogP contribution in [-0.4, -0.2) is 23.8 Å². The van der Waals surface area contributed by atoms with Crippen LogP contribution < -0.4 is 0 Å². The van der Waals surface area contributed by atoms with E-state index < -0.39 is 17.6 Å². The van der Waals surface area contributed by atoms with E-state index in [4.69, 9.17) is 0 Å². The second kappa shape index (κ2) is 3.56. The van der Waals surface area contributed by atoms with Crippen LogP contribution >= 0.6 is 11.8 Å². The summed E-state index contributed by atoms with van der Waals surface area (Å²) in [6, 6.07) is 0. The highest BCUT2D eigenvalue weighted by Crippen LogP contribution is 2.31. The maximum atomic E-state index is 12.8. The molecule has 0 aromatic heterocycles. The van der Waals surface area contributed by atoms with Gasteiger partial charge < -0.3 is 0 Å². The van der Waals surface area contributed by atoms with E-state index in [1.165, 1.54) is 11.8 Å². The highest BCUT2D eigenvalue weighted by Gasteiger charge is 2.32. The van der Waals surface area contributed by atoms with E-state index in [0.29, 0.717) is 19.3 Å². The van der Waals surface area contributed by atoms with Gasteiger partial charge >= 0.3 is 0 Å². The summed E-state index contributed by atoms with van der Waals surface area (Å²) in [4.78, 5) is 0. The predicted octanol–water partition coefficient (Wildman–Crippen LogP) is 2.58. The van der Waals surface area contributed by atoms with Crippen molar-refractivity contribution in [2.75, 3.05) is 6.26 Å². The standard InChI is InChI=1S/C7H12F2S/c1-10-7-5(8)3-2-4-6(7)9/h5-7H,2-4H2,1H3. The topological polar surface area (TPSA) is 0 Å². The smallest absolute Gasteiger partial charge is 0.115 e. The molecule has 1 aliphatic rings. The Balaban J connectivity index is 2.45. The molecule has 3 heteroatoms. The second-order valence-corrected chi connectivity index (χ2v) is 3.68. The molecule has 2 atom stereocenters. The van der Waals surface area contributed by atoms with Crippen LogP contribution in [0.15, 0.2) is 0 Å². The third-order valence-electron chi connectivity index (χ3n) is 1.94. The Hall–Kier alpha value is 0.210. The molecular formula is C7H12F2S. The molecular weight excluding hydrogens is 154 g/mol. The molecule has 1 fully saturated rings. The summed E-state index contributed by atoms with van der Waals surface area (Å²) in [5.41, 5.74) is 0. The van der Waals surface area contributed by atoms with Gasteiger partial charge in [0.15, 0.2) is 0 Å². The predicted molar refractivity (Wildman–Crippen MR) is 40.9 cm³/mol. The average Bonchev–Trinajstić information content (AvgIpc) is 1.88. The van der Waals surface area contributed by atoms with Crippen molar-refractivity contribution in [1.29, 1.82) is 0 Å². The Morgan fingerprint density at radius 2 is 1.70 bits per heavy atom. The van der Waals surface area contributed by atoms with Gasteiger partial charge in [0.1, 0.15) is 12.3 Å². The van der Waals surface area contributed by atoms with E-state index in [1.54, 1.807) is 6.26 Å². The number of rotatable bonds is 1. The lowest BCUT2D eigenvalue weighted by atomic mass is 9.97. The fraction of sp³-hybridized carbons (Fsp3) is 1.00. The van der Waals surface area contributed by atoms with Crippen molar-refractivity contribution in [3.05, 3.63) is 0 Å². The van der Waals surface area contributed by atoms with Gasteiger partial charge in [0.05, 0.1) is 5.25 Å². The quantitative estimate of drug-likeness (QED) is 0.577. The molecule has 0 spiro atoms. The van der Waals surface area contributed by atoms with Crippen molar-refractivity contribution < 1.29 is 8.78 Å². The Labute approximate surface area is 64.4 Å². The lowest BCUT2D eigenvalue weighted by Crippen LogP contribution is -2.33. The van der Waals surface area contributed by atoms with Gasteiger partial charge in [0, 0.05) is 0 Å². The lowest BCUT2D eigenvalue weighted by molar-refractivity contribution is 0.168. The first-order chi connectivity index (χ1) is 4.75. The molecule has 0 amide bonds. The molecule has 0 aromatic rings. The van der Waals surface area contributed by atoms with Crippen molar-refractivity contribution in [1.82, 2.24) is 0 Å². The molecule has 0 saturated heterocycles. The molecule has 10 heavy (non-hydrogen) atoms. The van der Waals surface area contributed by atoms with E-state index in [1.807, 2.05) is 0 Å². The van der Waals surface area contributed by atoms with Gasteiger partial charge in [-0.2, -0.15) is 11.8 Å². The molecule has 1 rings (SSSR count). The summed E-state index contributed by atoms with van der Waals surface area (Å²) in [5.74, 6) is 0. The molecule has 0 radical (unpaired) electrons. The van der Waals surface area contributed by atoms with Crippen LogP contribution in [-0.2, 0) is 0 Å². The zero-order chi connectivity index (χ0) is 7.56. The molecule has 2 unspecified atom stereocenters. The summed E-state index contributed by atoms with van der Waals surface area (Å²) in [6.07, 6.45) is 1.74. The number of thioether (sulfide) groups is 1. The number of hydrogen-bond acceptors (Lipinski definition) is 1. The fourth-order valence-corrected chi connectivity index (χ4v) is 2.22. The Bertz CT molecular complexity index is 97.8. The van der Waals surface area contributed by atoms with Crippen molar-refractivity contribution >= 4 is 11.8 Å². The highest BCUT2D eigenvalue weighted by atomic mass is 32.2. The van der Waals surface area contributed by atoms with Crippen LogP contribution in [0, 0.1) is 0 Å². The molecule has 0 heterocycles. The number of alkyl halides is 2. The maximum absolute atomic E-state index is 12.8. The van der Waals surface area contributed by atoms with E-state index in [9.17, 15) is 8.78 Å². The van der Waals surface area contributed by atoms with E-state index in [2.05, 4.69) is 0 Å². The van der Waals surface area contributed by atoms with Crippen LogP contribution in [0.2, 0.25) is 0 Å². The van der Waals surface area contributed by atoms with Gasteiger partial charge in [0.2, 0.25) is 0 Å². The minimum atomic E-state index is -0.918. The summed E-state index contributed by atoms with van der Waals surface area (Å²) < 4.78 is 25.7. The lowest BCUT2D eigenvalue weighted by Gasteiger charge is -2.27. The first kappa shape index (κ1) is 8.31. The highest BCUT2D eigenvalue weighted by molar-refractivity contribution is 7.99. The molecule has 0 aromatic carbocycles. The minimum Gasteiger partial charge on any atom is -0.246 e. The Morgan fingerprint density at radius 3 is 2.00 bits per heavy atom.